The summed E-state index contributed by atoms with van der Waals surface area (Å²) >= 11 is 0. The zero-order valence-corrected chi connectivity index (χ0v) is 13.6. The molecule has 0 unspecified atom stereocenters. The van der Waals surface area contributed by atoms with E-state index >= 15 is 0 Å². The van der Waals surface area contributed by atoms with Gasteiger partial charge in [-0.3, -0.25) is 14.0 Å². The van der Waals surface area contributed by atoms with E-state index in [1.807, 2.05) is 0 Å². The molecule has 26 heavy (non-hydrogen) atoms. The summed E-state index contributed by atoms with van der Waals surface area (Å²) in [4.78, 5) is 27.6. The van der Waals surface area contributed by atoms with Crippen molar-refractivity contribution in [2.24, 2.45) is 7.05 Å². The molecular weight excluding hydrogens is 356 g/mol. The second-order valence-electron chi connectivity index (χ2n) is 5.20. The predicted molar refractivity (Wildman–Crippen MR) is 83.7 cm³/mol. The van der Waals surface area contributed by atoms with Crippen molar-refractivity contribution >= 4 is 11.7 Å². The Morgan fingerprint density at radius 1 is 1.50 bits per heavy atom. The van der Waals surface area contributed by atoms with Crippen LogP contribution in [0.15, 0.2) is 29.5 Å². The number of carbonyl (C=O) groups excluding carboxylic acids is 1. The highest BCUT2D eigenvalue weighted by molar-refractivity contribution is 6.03. The van der Waals surface area contributed by atoms with Gasteiger partial charge in [-0.1, -0.05) is 0 Å². The maximum atomic E-state index is 13.1. The van der Waals surface area contributed by atoms with Gasteiger partial charge in [-0.15, -0.1) is 0 Å². The Hall–Kier alpha value is -2.70. The van der Waals surface area contributed by atoms with Gasteiger partial charge in [-0.25, -0.2) is 13.6 Å². The SMILES string of the molecule is Cn1cc(C(=O)Nc2ccn([C@@H](CF)O[C@H](CO)[C@@H](O)F)c(=O)n2)cn1. The van der Waals surface area contributed by atoms with Gasteiger partial charge >= 0.3 is 5.69 Å². The molecule has 2 rings (SSSR count). The fourth-order valence-electron chi connectivity index (χ4n) is 2.00. The van der Waals surface area contributed by atoms with E-state index in [1.165, 1.54) is 23.1 Å². The Kier molecular flexibility index (Phi) is 6.49. The Labute approximate surface area is 145 Å². The van der Waals surface area contributed by atoms with Crippen LogP contribution in [0.2, 0.25) is 0 Å². The fourth-order valence-corrected chi connectivity index (χ4v) is 2.00. The highest BCUT2D eigenvalue weighted by Crippen LogP contribution is 2.14. The summed E-state index contributed by atoms with van der Waals surface area (Å²) in [7, 11) is 1.63. The summed E-state index contributed by atoms with van der Waals surface area (Å²) in [5, 5.41) is 23.9. The third kappa shape index (κ3) is 4.68. The van der Waals surface area contributed by atoms with Crippen molar-refractivity contribution in [2.75, 3.05) is 18.6 Å². The zero-order valence-electron chi connectivity index (χ0n) is 13.6. The maximum absolute atomic E-state index is 13.1. The van der Waals surface area contributed by atoms with Crippen LogP contribution in [-0.2, 0) is 11.8 Å². The molecule has 0 spiro atoms. The van der Waals surface area contributed by atoms with E-state index in [-0.39, 0.29) is 11.4 Å². The van der Waals surface area contributed by atoms with Crippen LogP contribution in [0, 0.1) is 0 Å². The Morgan fingerprint density at radius 2 is 2.23 bits per heavy atom. The molecule has 0 radical (unpaired) electrons. The van der Waals surface area contributed by atoms with Gasteiger partial charge in [0.15, 0.2) is 6.23 Å². The van der Waals surface area contributed by atoms with Gasteiger partial charge in [-0.05, 0) is 6.07 Å². The first-order valence-corrected chi connectivity index (χ1v) is 7.39. The number of ether oxygens (including phenoxy) is 1. The van der Waals surface area contributed by atoms with Crippen molar-refractivity contribution in [1.82, 2.24) is 19.3 Å². The largest absolute Gasteiger partial charge is 0.393 e. The normalized spacial score (nSPS) is 14.7. The minimum absolute atomic E-state index is 0.0954. The lowest BCUT2D eigenvalue weighted by molar-refractivity contribution is -0.165. The number of rotatable bonds is 8. The van der Waals surface area contributed by atoms with E-state index < -0.39 is 43.6 Å². The summed E-state index contributed by atoms with van der Waals surface area (Å²) < 4.78 is 32.9. The van der Waals surface area contributed by atoms with Crippen molar-refractivity contribution in [3.05, 3.63) is 40.7 Å². The number of aliphatic hydroxyl groups is 2. The predicted octanol–water partition coefficient (Wildman–Crippen LogP) is -0.637. The molecule has 10 nitrogen and oxygen atoms in total. The number of aromatic nitrogens is 4. The summed E-state index contributed by atoms with van der Waals surface area (Å²) in [5.74, 6) is -0.649. The summed E-state index contributed by atoms with van der Waals surface area (Å²) in [6.07, 6.45) is -2.04. The number of aliphatic hydroxyl groups excluding tert-OH is 2. The molecule has 2 aromatic rings. The monoisotopic (exact) mass is 373 g/mol. The molecule has 0 aliphatic rings. The third-order valence-electron chi connectivity index (χ3n) is 3.30. The lowest BCUT2D eigenvalue weighted by Crippen LogP contribution is -2.37. The number of halogens is 2. The van der Waals surface area contributed by atoms with Gasteiger partial charge in [0.05, 0.1) is 18.4 Å². The van der Waals surface area contributed by atoms with Gasteiger partial charge in [0.2, 0.25) is 6.36 Å². The molecule has 142 valence electrons. The number of hydrogen-bond acceptors (Lipinski definition) is 7. The molecule has 0 fully saturated rings. The van der Waals surface area contributed by atoms with Crippen LogP contribution in [0.3, 0.4) is 0 Å². The number of carbonyl (C=O) groups is 1. The molecule has 0 saturated carbocycles. The molecule has 0 saturated heterocycles. The third-order valence-corrected chi connectivity index (χ3v) is 3.30. The summed E-state index contributed by atoms with van der Waals surface area (Å²) in [6.45, 7) is -2.16. The number of nitrogens with one attached hydrogen (secondary N) is 1. The van der Waals surface area contributed by atoms with E-state index in [2.05, 4.69) is 15.4 Å². The molecule has 3 N–H and O–H groups in total. The number of amides is 1. The van der Waals surface area contributed by atoms with Crippen molar-refractivity contribution in [2.45, 2.75) is 18.7 Å². The maximum Gasteiger partial charge on any atom is 0.351 e. The van der Waals surface area contributed by atoms with Crippen LogP contribution >= 0.6 is 0 Å². The topological polar surface area (TPSA) is 132 Å². The molecule has 0 aliphatic carbocycles. The van der Waals surface area contributed by atoms with Gasteiger partial charge in [0, 0.05) is 19.4 Å². The Bertz CT molecular complexity index is 809. The highest BCUT2D eigenvalue weighted by Gasteiger charge is 2.25. The van der Waals surface area contributed by atoms with Gasteiger partial charge in [-0.2, -0.15) is 10.1 Å². The van der Waals surface area contributed by atoms with E-state index in [4.69, 9.17) is 14.9 Å². The average Bonchev–Trinajstić information content (AvgIpc) is 3.03. The average molecular weight is 373 g/mol. The first-order chi connectivity index (χ1) is 12.3. The van der Waals surface area contributed by atoms with Crippen LogP contribution in [0.4, 0.5) is 14.6 Å². The van der Waals surface area contributed by atoms with Crippen LogP contribution in [-0.4, -0.2) is 61.2 Å². The molecule has 0 aliphatic heterocycles. The molecule has 12 heteroatoms. The van der Waals surface area contributed by atoms with Crippen LogP contribution in [0.5, 0.6) is 0 Å². The summed E-state index contributed by atoms with van der Waals surface area (Å²) in [5.41, 5.74) is -0.743. The number of nitrogens with zero attached hydrogens (tertiary/aromatic N) is 4. The van der Waals surface area contributed by atoms with Gasteiger partial charge < -0.3 is 20.3 Å². The van der Waals surface area contributed by atoms with Crippen LogP contribution in [0.1, 0.15) is 16.6 Å². The van der Waals surface area contributed by atoms with E-state index in [0.29, 0.717) is 4.57 Å². The van der Waals surface area contributed by atoms with Crippen LogP contribution < -0.4 is 11.0 Å². The summed E-state index contributed by atoms with van der Waals surface area (Å²) in [6, 6.07) is 1.21. The first-order valence-electron chi connectivity index (χ1n) is 7.39. The van der Waals surface area contributed by atoms with Crippen LogP contribution in [0.25, 0.3) is 0 Å². The molecule has 0 aromatic carbocycles. The van der Waals surface area contributed by atoms with Crippen molar-refractivity contribution in [1.29, 1.82) is 0 Å². The number of anilines is 1. The molecule has 3 atom stereocenters. The Balaban J connectivity index is 2.14. The lowest BCUT2D eigenvalue weighted by Gasteiger charge is -2.23. The smallest absolute Gasteiger partial charge is 0.351 e. The molecule has 0 bridgehead atoms. The van der Waals surface area contributed by atoms with Crippen molar-refractivity contribution in [3.8, 4) is 0 Å². The fraction of sp³-hybridized carbons (Fsp3) is 0.429. The number of hydrogen-bond donors (Lipinski definition) is 3. The highest BCUT2D eigenvalue weighted by atomic mass is 19.1. The zero-order chi connectivity index (χ0) is 19.3. The molecule has 1 amide bonds. The second kappa shape index (κ2) is 8.60. The van der Waals surface area contributed by atoms with E-state index in [1.54, 1.807) is 7.05 Å². The Morgan fingerprint density at radius 3 is 2.73 bits per heavy atom. The number of alkyl halides is 2. The first kappa shape index (κ1) is 19.6. The lowest BCUT2D eigenvalue weighted by atomic mass is 10.3. The number of aryl methyl sites for hydroxylation is 1. The van der Waals surface area contributed by atoms with E-state index in [0.717, 1.165) is 6.20 Å². The molecule has 2 heterocycles. The van der Waals surface area contributed by atoms with E-state index in [9.17, 15) is 18.4 Å². The van der Waals surface area contributed by atoms with Gasteiger partial charge in [0.1, 0.15) is 18.6 Å². The molecule has 2 aromatic heterocycles. The van der Waals surface area contributed by atoms with Crippen molar-refractivity contribution < 1.29 is 28.5 Å². The van der Waals surface area contributed by atoms with Gasteiger partial charge in [0.25, 0.3) is 5.91 Å². The quantitative estimate of drug-likeness (QED) is 0.561. The second-order valence-corrected chi connectivity index (χ2v) is 5.20. The minimum atomic E-state index is -2.56. The standard InChI is InChI=1S/C14H17F2N5O5/c1-20-6-8(5-17-20)13(24)18-10-2-3-21(14(25)19-10)11(4-15)26-9(7-22)12(16)23/h2-3,5-6,9,11-12,22-23H,4,7H2,1H3,(H,18,19,24,25)/t9-,11-,12-/m1/s1. The van der Waals surface area contributed by atoms with Crippen molar-refractivity contribution in [3.63, 3.8) is 0 Å². The minimum Gasteiger partial charge on any atom is -0.393 e. The molecular formula is C14H17F2N5O5.